The first kappa shape index (κ1) is 13.5. The van der Waals surface area contributed by atoms with Gasteiger partial charge in [-0.25, -0.2) is 13.4 Å². The highest BCUT2D eigenvalue weighted by molar-refractivity contribution is 7.89. The second-order valence-corrected chi connectivity index (χ2v) is 7.25. The van der Waals surface area contributed by atoms with Gasteiger partial charge in [0.15, 0.2) is 0 Å². The van der Waals surface area contributed by atoms with Crippen LogP contribution in [0.2, 0.25) is 0 Å². The van der Waals surface area contributed by atoms with Crippen LogP contribution >= 0.6 is 0 Å². The van der Waals surface area contributed by atoms with Crippen molar-refractivity contribution in [3.8, 4) is 0 Å². The van der Waals surface area contributed by atoms with Crippen LogP contribution in [-0.2, 0) is 14.8 Å². The zero-order chi connectivity index (χ0) is 13.3. The van der Waals surface area contributed by atoms with Gasteiger partial charge in [-0.2, -0.15) is 4.31 Å². The minimum Gasteiger partial charge on any atom is -0.368 e. The molecule has 2 heterocycles. The first-order chi connectivity index (χ1) is 8.41. The number of aryl methyl sites for hydroxylation is 1. The van der Waals surface area contributed by atoms with Crippen molar-refractivity contribution in [3.05, 3.63) is 17.7 Å². The Kier molecular flexibility index (Phi) is 3.74. The highest BCUT2D eigenvalue weighted by Gasteiger charge is 2.33. The standard InChI is InChI=1S/C11H19N3O3S/c1-8(2)18(15,16)14-4-5-17-10(7-14)11-12-6-9(3)13-11/h6,8,10H,4-5,7H2,1-3H3,(H,12,13). The molecular formula is C11H19N3O3S. The van der Waals surface area contributed by atoms with Gasteiger partial charge in [-0.05, 0) is 20.8 Å². The number of nitrogens with one attached hydrogen (secondary N) is 1. The van der Waals surface area contributed by atoms with Gasteiger partial charge >= 0.3 is 0 Å². The largest absolute Gasteiger partial charge is 0.368 e. The van der Waals surface area contributed by atoms with Crippen LogP contribution in [0, 0.1) is 6.92 Å². The summed E-state index contributed by atoms with van der Waals surface area (Å²) < 4.78 is 31.3. The lowest BCUT2D eigenvalue weighted by molar-refractivity contribution is -0.00729. The second-order valence-electron chi connectivity index (χ2n) is 4.76. The number of H-pyrrole nitrogens is 1. The van der Waals surface area contributed by atoms with E-state index in [1.807, 2.05) is 6.92 Å². The van der Waals surface area contributed by atoms with Crippen LogP contribution in [0.25, 0.3) is 0 Å². The smallest absolute Gasteiger partial charge is 0.216 e. The van der Waals surface area contributed by atoms with Crippen molar-refractivity contribution in [3.63, 3.8) is 0 Å². The average Bonchev–Trinajstić information content (AvgIpc) is 2.76. The summed E-state index contributed by atoms with van der Waals surface area (Å²) in [6.07, 6.45) is 1.41. The van der Waals surface area contributed by atoms with E-state index < -0.39 is 15.3 Å². The third kappa shape index (κ3) is 2.57. The van der Waals surface area contributed by atoms with Gasteiger partial charge in [0.25, 0.3) is 0 Å². The molecule has 0 amide bonds. The first-order valence-corrected chi connectivity index (χ1v) is 7.53. The molecule has 0 aromatic carbocycles. The number of rotatable bonds is 3. The summed E-state index contributed by atoms with van der Waals surface area (Å²) >= 11 is 0. The number of aromatic amines is 1. The maximum Gasteiger partial charge on any atom is 0.216 e. The molecule has 18 heavy (non-hydrogen) atoms. The molecule has 1 saturated heterocycles. The molecule has 102 valence electrons. The van der Waals surface area contributed by atoms with Gasteiger partial charge in [-0.1, -0.05) is 0 Å². The zero-order valence-electron chi connectivity index (χ0n) is 10.9. The van der Waals surface area contributed by atoms with Crippen LogP contribution in [0.1, 0.15) is 31.5 Å². The van der Waals surface area contributed by atoms with Crippen molar-refractivity contribution < 1.29 is 13.2 Å². The molecule has 1 aliphatic rings. The molecule has 1 atom stereocenters. The zero-order valence-corrected chi connectivity index (χ0v) is 11.7. The fourth-order valence-electron chi connectivity index (χ4n) is 1.92. The van der Waals surface area contributed by atoms with Gasteiger partial charge in [0.05, 0.1) is 11.9 Å². The van der Waals surface area contributed by atoms with E-state index in [0.29, 0.717) is 25.5 Å². The highest BCUT2D eigenvalue weighted by atomic mass is 32.2. The average molecular weight is 273 g/mol. The van der Waals surface area contributed by atoms with Gasteiger partial charge in [-0.15, -0.1) is 0 Å². The van der Waals surface area contributed by atoms with E-state index in [4.69, 9.17) is 4.74 Å². The number of aromatic nitrogens is 2. The minimum atomic E-state index is -3.22. The molecular weight excluding hydrogens is 254 g/mol. The van der Waals surface area contributed by atoms with Crippen molar-refractivity contribution in [1.29, 1.82) is 0 Å². The lowest BCUT2D eigenvalue weighted by Crippen LogP contribution is -2.45. The van der Waals surface area contributed by atoms with Gasteiger partial charge in [0.1, 0.15) is 11.9 Å². The lowest BCUT2D eigenvalue weighted by atomic mass is 10.3. The Balaban J connectivity index is 2.14. The van der Waals surface area contributed by atoms with E-state index in [1.165, 1.54) is 4.31 Å². The summed E-state index contributed by atoms with van der Waals surface area (Å²) in [5, 5.41) is -0.408. The van der Waals surface area contributed by atoms with E-state index in [2.05, 4.69) is 9.97 Å². The number of imidazole rings is 1. The fraction of sp³-hybridized carbons (Fsp3) is 0.727. The van der Waals surface area contributed by atoms with Crippen LogP contribution < -0.4 is 0 Å². The Morgan fingerprint density at radius 1 is 1.56 bits per heavy atom. The minimum absolute atomic E-state index is 0.305. The number of sulfonamides is 1. The second kappa shape index (κ2) is 4.99. The van der Waals surface area contributed by atoms with Crippen molar-refractivity contribution in [2.75, 3.05) is 19.7 Å². The van der Waals surface area contributed by atoms with E-state index in [-0.39, 0.29) is 6.10 Å². The van der Waals surface area contributed by atoms with Gasteiger partial charge in [0.2, 0.25) is 10.0 Å². The summed E-state index contributed by atoms with van der Waals surface area (Å²) in [6, 6.07) is 0. The number of morpholine rings is 1. The SMILES string of the molecule is Cc1cnc(C2CN(S(=O)(=O)C(C)C)CCO2)[nH]1. The quantitative estimate of drug-likeness (QED) is 0.885. The molecule has 1 N–H and O–H groups in total. The Bertz CT molecular complexity index is 509. The van der Waals surface area contributed by atoms with Gasteiger partial charge in [-0.3, -0.25) is 0 Å². The normalized spacial score (nSPS) is 22.6. The molecule has 0 aliphatic carbocycles. The number of hydrogen-bond acceptors (Lipinski definition) is 4. The van der Waals surface area contributed by atoms with Crippen LogP contribution in [-0.4, -0.2) is 47.6 Å². The molecule has 2 rings (SSSR count). The molecule has 1 aromatic rings. The summed E-state index contributed by atoms with van der Waals surface area (Å²) in [5.41, 5.74) is 0.942. The van der Waals surface area contributed by atoms with Crippen molar-refractivity contribution in [1.82, 2.24) is 14.3 Å². The van der Waals surface area contributed by atoms with Crippen LogP contribution in [0.4, 0.5) is 0 Å². The van der Waals surface area contributed by atoms with Gasteiger partial charge < -0.3 is 9.72 Å². The van der Waals surface area contributed by atoms with E-state index in [0.717, 1.165) is 5.69 Å². The van der Waals surface area contributed by atoms with Crippen LogP contribution in [0.5, 0.6) is 0 Å². The predicted octanol–water partition coefficient (Wildman–Crippen LogP) is 0.830. The Hall–Kier alpha value is -0.920. The first-order valence-electron chi connectivity index (χ1n) is 6.03. The van der Waals surface area contributed by atoms with Crippen LogP contribution in [0.15, 0.2) is 6.20 Å². The van der Waals surface area contributed by atoms with Crippen LogP contribution in [0.3, 0.4) is 0 Å². The highest BCUT2D eigenvalue weighted by Crippen LogP contribution is 2.23. The maximum atomic E-state index is 12.1. The molecule has 1 aliphatic heterocycles. The maximum absolute atomic E-state index is 12.1. The number of nitrogens with zero attached hydrogens (tertiary/aromatic N) is 2. The van der Waals surface area contributed by atoms with E-state index in [9.17, 15) is 8.42 Å². The third-order valence-corrected chi connectivity index (χ3v) is 5.26. The van der Waals surface area contributed by atoms with Crippen molar-refractivity contribution in [2.45, 2.75) is 32.1 Å². The molecule has 1 fully saturated rings. The lowest BCUT2D eigenvalue weighted by Gasteiger charge is -2.32. The molecule has 7 heteroatoms. The molecule has 0 spiro atoms. The van der Waals surface area contributed by atoms with Gasteiger partial charge in [0, 0.05) is 25.0 Å². The Labute approximate surface area is 107 Å². The predicted molar refractivity (Wildman–Crippen MR) is 67.6 cm³/mol. The molecule has 6 nitrogen and oxygen atoms in total. The number of hydrogen-bond donors (Lipinski definition) is 1. The number of ether oxygens (including phenoxy) is 1. The summed E-state index contributed by atoms with van der Waals surface area (Å²) in [7, 11) is -3.22. The Morgan fingerprint density at radius 2 is 2.28 bits per heavy atom. The van der Waals surface area contributed by atoms with E-state index >= 15 is 0 Å². The molecule has 0 saturated carbocycles. The summed E-state index contributed by atoms with van der Waals surface area (Å²) in [5.74, 6) is 0.691. The Morgan fingerprint density at radius 3 is 2.83 bits per heavy atom. The molecule has 0 radical (unpaired) electrons. The monoisotopic (exact) mass is 273 g/mol. The third-order valence-electron chi connectivity index (χ3n) is 3.01. The van der Waals surface area contributed by atoms with Crippen molar-refractivity contribution >= 4 is 10.0 Å². The van der Waals surface area contributed by atoms with E-state index in [1.54, 1.807) is 20.0 Å². The topological polar surface area (TPSA) is 75.3 Å². The fourth-order valence-corrected chi connectivity index (χ4v) is 3.19. The molecule has 1 aromatic heterocycles. The molecule has 0 bridgehead atoms. The van der Waals surface area contributed by atoms with Crippen molar-refractivity contribution in [2.24, 2.45) is 0 Å². The molecule has 1 unspecified atom stereocenters. The summed E-state index contributed by atoms with van der Waals surface area (Å²) in [4.78, 5) is 7.29. The summed E-state index contributed by atoms with van der Waals surface area (Å²) in [6.45, 7) is 6.43.